The predicted octanol–water partition coefficient (Wildman–Crippen LogP) is 2.70. The lowest BCUT2D eigenvalue weighted by Gasteiger charge is -2.34. The van der Waals surface area contributed by atoms with E-state index in [1.165, 1.54) is 18.4 Å². The molecule has 8 nitrogen and oxygen atoms in total. The molecule has 1 aromatic heterocycles. The number of carbonyl (C=O) groups excluding carboxylic acids is 1. The summed E-state index contributed by atoms with van der Waals surface area (Å²) in [5.74, 6) is 1.93. The topological polar surface area (TPSA) is 80.9 Å². The molecule has 1 saturated heterocycles. The molecule has 0 radical (unpaired) electrons. The van der Waals surface area contributed by atoms with E-state index in [4.69, 9.17) is 14.0 Å². The van der Waals surface area contributed by atoms with Crippen LogP contribution in [0.3, 0.4) is 0 Å². The molecule has 2 aliphatic rings. The van der Waals surface area contributed by atoms with E-state index in [-0.39, 0.29) is 12.5 Å². The van der Waals surface area contributed by atoms with Gasteiger partial charge in [0.1, 0.15) is 6.61 Å². The first kappa shape index (κ1) is 21.9. The van der Waals surface area contributed by atoms with E-state index in [1.807, 2.05) is 17.0 Å². The summed E-state index contributed by atoms with van der Waals surface area (Å²) in [4.78, 5) is 21.2. The fourth-order valence-electron chi connectivity index (χ4n) is 4.31. The Balaban J connectivity index is 1.27. The number of aromatic nitrogens is 2. The number of methoxy groups -OCH3 is 1. The summed E-state index contributed by atoms with van der Waals surface area (Å²) in [6.45, 7) is 5.06. The first-order valence-electron chi connectivity index (χ1n) is 11.2. The lowest BCUT2D eigenvalue weighted by Crippen LogP contribution is -2.49. The van der Waals surface area contributed by atoms with Gasteiger partial charge in [-0.3, -0.25) is 9.69 Å². The van der Waals surface area contributed by atoms with E-state index in [1.54, 1.807) is 7.11 Å². The van der Waals surface area contributed by atoms with Gasteiger partial charge in [0.2, 0.25) is 17.6 Å². The molecule has 1 aliphatic heterocycles. The second kappa shape index (κ2) is 10.8. The van der Waals surface area contributed by atoms with E-state index in [0.29, 0.717) is 25.0 Å². The van der Waals surface area contributed by atoms with Crippen molar-refractivity contribution in [2.75, 3.05) is 53.1 Å². The number of hydrogen-bond acceptors (Lipinski definition) is 7. The maximum atomic E-state index is 12.2. The van der Waals surface area contributed by atoms with Gasteiger partial charge in [0.15, 0.2) is 0 Å². The Labute approximate surface area is 183 Å². The van der Waals surface area contributed by atoms with Gasteiger partial charge in [-0.15, -0.1) is 0 Å². The maximum Gasteiger partial charge on any atom is 0.248 e. The number of carbonyl (C=O) groups is 1. The molecule has 168 valence electrons. The summed E-state index contributed by atoms with van der Waals surface area (Å²) in [6, 6.07) is 8.35. The van der Waals surface area contributed by atoms with E-state index < -0.39 is 0 Å². The lowest BCUT2D eigenvalue weighted by atomic mass is 10.1. The van der Waals surface area contributed by atoms with E-state index in [9.17, 15) is 4.79 Å². The summed E-state index contributed by atoms with van der Waals surface area (Å²) in [6.07, 6.45) is 4.79. The van der Waals surface area contributed by atoms with E-state index in [0.717, 1.165) is 57.0 Å². The Hall–Kier alpha value is -2.29. The van der Waals surface area contributed by atoms with Crippen LogP contribution in [0.1, 0.15) is 43.1 Å². The zero-order valence-corrected chi connectivity index (χ0v) is 18.3. The van der Waals surface area contributed by atoms with Crippen molar-refractivity contribution in [1.82, 2.24) is 19.9 Å². The van der Waals surface area contributed by atoms with Crippen LogP contribution in [-0.4, -0.2) is 79.0 Å². The van der Waals surface area contributed by atoms with E-state index in [2.05, 4.69) is 27.2 Å². The van der Waals surface area contributed by atoms with Crippen molar-refractivity contribution < 1.29 is 18.8 Å². The minimum Gasteiger partial charge on any atom is -0.382 e. The van der Waals surface area contributed by atoms with Gasteiger partial charge in [-0.1, -0.05) is 36.2 Å². The van der Waals surface area contributed by atoms with E-state index >= 15 is 0 Å². The monoisotopic (exact) mass is 428 g/mol. The smallest absolute Gasteiger partial charge is 0.248 e. The Morgan fingerprint density at radius 2 is 1.97 bits per heavy atom. The van der Waals surface area contributed by atoms with Crippen molar-refractivity contribution in [3.8, 4) is 11.4 Å². The standard InChI is InChI=1S/C23H32N4O4/c1-29-13-14-30-17-21(28)27-11-9-26(10-12-27)16-18-5-4-8-20(15-18)22-24-23(31-25-22)19-6-2-3-7-19/h4-5,8,15,19H,2-3,6-7,9-14,16-17H2,1H3. The van der Waals surface area contributed by atoms with Crippen molar-refractivity contribution in [3.63, 3.8) is 0 Å². The Morgan fingerprint density at radius 3 is 2.74 bits per heavy atom. The number of piperazine rings is 1. The molecule has 0 N–H and O–H groups in total. The second-order valence-corrected chi connectivity index (χ2v) is 8.34. The zero-order valence-electron chi connectivity index (χ0n) is 18.3. The average Bonchev–Trinajstić information content (AvgIpc) is 3.49. The van der Waals surface area contributed by atoms with Crippen LogP contribution in [0.5, 0.6) is 0 Å². The van der Waals surface area contributed by atoms with Crippen LogP contribution in [0.4, 0.5) is 0 Å². The normalized spacial score (nSPS) is 18.0. The predicted molar refractivity (Wildman–Crippen MR) is 115 cm³/mol. The Bertz CT molecular complexity index is 842. The molecule has 2 heterocycles. The number of hydrogen-bond donors (Lipinski definition) is 0. The summed E-state index contributed by atoms with van der Waals surface area (Å²) in [7, 11) is 1.62. The van der Waals surface area contributed by atoms with Crippen LogP contribution in [0.2, 0.25) is 0 Å². The third-order valence-electron chi connectivity index (χ3n) is 6.12. The largest absolute Gasteiger partial charge is 0.382 e. The highest BCUT2D eigenvalue weighted by Gasteiger charge is 2.24. The molecule has 4 rings (SSSR count). The highest BCUT2D eigenvalue weighted by Crippen LogP contribution is 2.34. The van der Waals surface area contributed by atoms with Gasteiger partial charge in [0, 0.05) is 51.3 Å². The van der Waals surface area contributed by atoms with Crippen molar-refractivity contribution >= 4 is 5.91 Å². The van der Waals surface area contributed by atoms with Crippen molar-refractivity contribution in [2.45, 2.75) is 38.1 Å². The third-order valence-corrected chi connectivity index (χ3v) is 6.12. The van der Waals surface area contributed by atoms with Crippen LogP contribution in [0.15, 0.2) is 28.8 Å². The molecule has 1 aromatic carbocycles. The lowest BCUT2D eigenvalue weighted by molar-refractivity contribution is -0.138. The van der Waals surface area contributed by atoms with Gasteiger partial charge in [-0.05, 0) is 24.5 Å². The Kier molecular flexibility index (Phi) is 7.66. The van der Waals surface area contributed by atoms with Crippen molar-refractivity contribution in [1.29, 1.82) is 0 Å². The number of amides is 1. The Morgan fingerprint density at radius 1 is 1.16 bits per heavy atom. The van der Waals surface area contributed by atoms with Crippen LogP contribution in [0.25, 0.3) is 11.4 Å². The second-order valence-electron chi connectivity index (χ2n) is 8.34. The van der Waals surface area contributed by atoms with Gasteiger partial charge in [0.25, 0.3) is 0 Å². The number of rotatable bonds is 9. The molecule has 31 heavy (non-hydrogen) atoms. The number of benzene rings is 1. The molecule has 2 aromatic rings. The zero-order chi connectivity index (χ0) is 21.5. The fourth-order valence-corrected chi connectivity index (χ4v) is 4.31. The first-order chi connectivity index (χ1) is 15.2. The fraction of sp³-hybridized carbons (Fsp3) is 0.609. The minimum absolute atomic E-state index is 0.0490. The molecule has 1 amide bonds. The van der Waals surface area contributed by atoms with Crippen LogP contribution in [-0.2, 0) is 20.8 Å². The highest BCUT2D eigenvalue weighted by molar-refractivity contribution is 5.77. The number of ether oxygens (including phenoxy) is 2. The molecule has 8 heteroatoms. The van der Waals surface area contributed by atoms with Crippen molar-refractivity contribution in [2.24, 2.45) is 0 Å². The van der Waals surface area contributed by atoms with Gasteiger partial charge < -0.3 is 18.9 Å². The summed E-state index contributed by atoms with van der Waals surface area (Å²) < 4.78 is 15.8. The van der Waals surface area contributed by atoms with Crippen LogP contribution >= 0.6 is 0 Å². The maximum absolute atomic E-state index is 12.2. The van der Waals surface area contributed by atoms with Crippen LogP contribution in [0, 0.1) is 0 Å². The molecule has 0 spiro atoms. The highest BCUT2D eigenvalue weighted by atomic mass is 16.5. The van der Waals surface area contributed by atoms with Gasteiger partial charge in [0.05, 0.1) is 13.2 Å². The SMILES string of the molecule is COCCOCC(=O)N1CCN(Cc2cccc(-c3noc(C4CCCC4)n3)c2)CC1. The molecular weight excluding hydrogens is 396 g/mol. The molecular formula is C23H32N4O4. The molecule has 1 aliphatic carbocycles. The van der Waals surface area contributed by atoms with Crippen molar-refractivity contribution in [3.05, 3.63) is 35.7 Å². The molecule has 0 bridgehead atoms. The molecule has 0 atom stereocenters. The number of nitrogens with zero attached hydrogens (tertiary/aromatic N) is 4. The quantitative estimate of drug-likeness (QED) is 0.568. The first-order valence-corrected chi connectivity index (χ1v) is 11.2. The third kappa shape index (κ3) is 5.90. The summed E-state index contributed by atoms with van der Waals surface area (Å²) >= 11 is 0. The molecule has 0 unspecified atom stereocenters. The minimum atomic E-state index is 0.0490. The van der Waals surface area contributed by atoms with Gasteiger partial charge in [-0.25, -0.2) is 0 Å². The summed E-state index contributed by atoms with van der Waals surface area (Å²) in [5.41, 5.74) is 2.21. The van der Waals surface area contributed by atoms with Gasteiger partial charge >= 0.3 is 0 Å². The van der Waals surface area contributed by atoms with Gasteiger partial charge in [-0.2, -0.15) is 4.98 Å². The van der Waals surface area contributed by atoms with Crippen LogP contribution < -0.4 is 0 Å². The molecule has 1 saturated carbocycles. The molecule has 2 fully saturated rings. The summed E-state index contributed by atoms with van der Waals surface area (Å²) in [5, 5.41) is 4.22. The average molecular weight is 429 g/mol.